The lowest BCUT2D eigenvalue weighted by atomic mass is 10.0. The highest BCUT2D eigenvalue weighted by Crippen LogP contribution is 2.30. The number of carbonyl (C=O) groups is 3. The van der Waals surface area contributed by atoms with E-state index < -0.39 is 24.0 Å². The number of nitrogens with one attached hydrogen (secondary N) is 2. The number of rotatable bonds is 7. The minimum atomic E-state index is -0.672. The second-order valence-electron chi connectivity index (χ2n) is 6.51. The maximum atomic E-state index is 12.6. The lowest BCUT2D eigenvalue weighted by molar-refractivity contribution is -0.140. The molecule has 156 valence electrons. The van der Waals surface area contributed by atoms with Gasteiger partial charge in [0.1, 0.15) is 6.61 Å². The molecule has 0 spiro atoms. The smallest absolute Gasteiger partial charge is 0.338 e. The normalized spacial score (nSPS) is 16.2. The Morgan fingerprint density at radius 2 is 1.93 bits per heavy atom. The van der Waals surface area contributed by atoms with Crippen LogP contribution in [0.5, 0.6) is 0 Å². The fourth-order valence-electron chi connectivity index (χ4n) is 2.88. The van der Waals surface area contributed by atoms with E-state index in [1.54, 1.807) is 13.0 Å². The van der Waals surface area contributed by atoms with Gasteiger partial charge in [-0.1, -0.05) is 35.9 Å². The Hall–Kier alpha value is -3.39. The summed E-state index contributed by atoms with van der Waals surface area (Å²) >= 11 is 1.40. The summed E-state index contributed by atoms with van der Waals surface area (Å²) in [4.78, 5) is 37.6. The first-order valence-electron chi connectivity index (χ1n) is 9.40. The number of thiophene rings is 1. The largest absolute Gasteiger partial charge is 0.463 e. The molecule has 30 heavy (non-hydrogen) atoms. The zero-order valence-electron chi connectivity index (χ0n) is 16.6. The predicted molar refractivity (Wildman–Crippen MR) is 114 cm³/mol. The zero-order valence-corrected chi connectivity index (χ0v) is 17.5. The van der Waals surface area contributed by atoms with Gasteiger partial charge in [-0.25, -0.2) is 14.4 Å². The van der Waals surface area contributed by atoms with Crippen LogP contribution < -0.4 is 10.6 Å². The Labute approximate surface area is 178 Å². The molecule has 1 aliphatic heterocycles. The molecule has 0 saturated carbocycles. The number of ether oxygens (including phenoxy) is 2. The van der Waals surface area contributed by atoms with Crippen molar-refractivity contribution in [2.24, 2.45) is 0 Å². The van der Waals surface area contributed by atoms with Crippen molar-refractivity contribution < 1.29 is 23.9 Å². The number of hydrogen-bond acceptors (Lipinski definition) is 6. The van der Waals surface area contributed by atoms with Crippen molar-refractivity contribution in [3.63, 3.8) is 0 Å². The van der Waals surface area contributed by atoms with Gasteiger partial charge in [-0.3, -0.25) is 0 Å². The molecule has 8 heteroatoms. The van der Waals surface area contributed by atoms with E-state index >= 15 is 0 Å². The van der Waals surface area contributed by atoms with E-state index in [-0.39, 0.29) is 24.5 Å². The van der Waals surface area contributed by atoms with E-state index in [1.165, 1.54) is 17.4 Å². The Balaban J connectivity index is 1.78. The van der Waals surface area contributed by atoms with Crippen LogP contribution in [0.3, 0.4) is 0 Å². The third-order valence-electron chi connectivity index (χ3n) is 4.32. The molecule has 0 aliphatic carbocycles. The Kier molecular flexibility index (Phi) is 7.03. The summed E-state index contributed by atoms with van der Waals surface area (Å²) in [6.07, 6.45) is 2.94. The first-order chi connectivity index (χ1) is 14.5. The maximum Gasteiger partial charge on any atom is 0.338 e. The number of hydrogen-bond donors (Lipinski definition) is 2. The molecular formula is C22H22N2O5S. The summed E-state index contributed by atoms with van der Waals surface area (Å²) in [5, 5.41) is 7.14. The fraction of sp³-hybridized carbons (Fsp3) is 0.227. The molecule has 2 N–H and O–H groups in total. The van der Waals surface area contributed by atoms with Crippen molar-refractivity contribution in [3.05, 3.63) is 75.1 Å². The van der Waals surface area contributed by atoms with Crippen molar-refractivity contribution in [1.29, 1.82) is 0 Å². The van der Waals surface area contributed by atoms with Gasteiger partial charge in [-0.15, -0.1) is 11.3 Å². The lowest BCUT2D eigenvalue weighted by Crippen LogP contribution is -2.46. The van der Waals surface area contributed by atoms with Crippen LogP contribution in [0, 0.1) is 6.92 Å². The highest BCUT2D eigenvalue weighted by atomic mass is 32.1. The van der Waals surface area contributed by atoms with E-state index in [0.717, 1.165) is 16.0 Å². The monoisotopic (exact) mass is 426 g/mol. The van der Waals surface area contributed by atoms with E-state index in [2.05, 4.69) is 10.6 Å². The molecule has 3 rings (SSSR count). The molecule has 2 heterocycles. The fourth-order valence-corrected chi connectivity index (χ4v) is 3.67. The van der Waals surface area contributed by atoms with Gasteiger partial charge in [-0.05, 0) is 36.9 Å². The van der Waals surface area contributed by atoms with Crippen molar-refractivity contribution in [2.75, 3.05) is 13.2 Å². The number of urea groups is 1. The summed E-state index contributed by atoms with van der Waals surface area (Å²) in [5.74, 6) is -1.17. The molecular weight excluding hydrogens is 404 g/mol. The molecule has 1 aromatic heterocycles. The average Bonchev–Trinajstić information content (AvgIpc) is 3.26. The summed E-state index contributed by atoms with van der Waals surface area (Å²) in [7, 11) is 0. The van der Waals surface area contributed by atoms with Crippen molar-refractivity contribution in [2.45, 2.75) is 19.9 Å². The molecule has 1 aliphatic rings. The van der Waals surface area contributed by atoms with Crippen LogP contribution in [-0.2, 0) is 19.1 Å². The Morgan fingerprint density at radius 1 is 1.17 bits per heavy atom. The highest BCUT2D eigenvalue weighted by molar-refractivity contribution is 7.10. The van der Waals surface area contributed by atoms with Crippen molar-refractivity contribution in [1.82, 2.24) is 10.6 Å². The van der Waals surface area contributed by atoms with Crippen LogP contribution >= 0.6 is 11.3 Å². The van der Waals surface area contributed by atoms with Gasteiger partial charge in [-0.2, -0.15) is 0 Å². The highest BCUT2D eigenvalue weighted by Gasteiger charge is 2.34. The van der Waals surface area contributed by atoms with Gasteiger partial charge in [0.25, 0.3) is 0 Å². The van der Waals surface area contributed by atoms with E-state index in [0.29, 0.717) is 0 Å². The molecule has 0 fully saturated rings. The summed E-state index contributed by atoms with van der Waals surface area (Å²) in [6, 6.07) is 10.1. The average molecular weight is 426 g/mol. The lowest BCUT2D eigenvalue weighted by Gasteiger charge is -2.28. The summed E-state index contributed by atoms with van der Waals surface area (Å²) in [5.41, 5.74) is 2.40. The summed E-state index contributed by atoms with van der Waals surface area (Å²) in [6.45, 7) is 3.59. The van der Waals surface area contributed by atoms with Gasteiger partial charge >= 0.3 is 18.0 Å². The van der Waals surface area contributed by atoms with Crippen LogP contribution in [0.1, 0.15) is 29.0 Å². The van der Waals surface area contributed by atoms with Gasteiger partial charge in [0.2, 0.25) is 0 Å². The molecule has 1 aromatic carbocycles. The standard InChI is InChI=1S/C22H22N2O5S/c1-3-28-21(26)19-16(23-22(27)24-20(19)17-5-4-12-30-17)13-29-18(25)11-10-15-8-6-14(2)7-9-15/h4-12,20H,3,13H2,1-2H3,(H2,23,24,27)/b11-10+/t20-/m0/s1. The molecule has 7 nitrogen and oxygen atoms in total. The zero-order chi connectivity index (χ0) is 21.5. The van der Waals surface area contributed by atoms with E-state index in [1.807, 2.05) is 48.7 Å². The van der Waals surface area contributed by atoms with E-state index in [4.69, 9.17) is 9.47 Å². The molecule has 2 aromatic rings. The molecule has 2 amide bonds. The second kappa shape index (κ2) is 9.89. The van der Waals surface area contributed by atoms with Crippen LogP contribution in [0.2, 0.25) is 0 Å². The quantitative estimate of drug-likeness (QED) is 0.522. The summed E-state index contributed by atoms with van der Waals surface area (Å²) < 4.78 is 10.4. The number of amides is 2. The first-order valence-corrected chi connectivity index (χ1v) is 10.3. The molecule has 1 atom stereocenters. The van der Waals surface area contributed by atoms with Crippen LogP contribution in [0.25, 0.3) is 6.08 Å². The molecule has 0 bridgehead atoms. The Morgan fingerprint density at radius 3 is 2.60 bits per heavy atom. The van der Waals surface area contributed by atoms with Gasteiger partial charge < -0.3 is 20.1 Å². The predicted octanol–water partition coefficient (Wildman–Crippen LogP) is 3.48. The second-order valence-corrected chi connectivity index (χ2v) is 7.49. The third-order valence-corrected chi connectivity index (χ3v) is 5.26. The third kappa shape index (κ3) is 5.36. The van der Waals surface area contributed by atoms with Crippen LogP contribution in [-0.4, -0.2) is 31.2 Å². The van der Waals surface area contributed by atoms with Crippen molar-refractivity contribution >= 4 is 35.4 Å². The maximum absolute atomic E-state index is 12.6. The number of carbonyl (C=O) groups excluding carboxylic acids is 3. The molecule has 0 radical (unpaired) electrons. The molecule has 0 unspecified atom stereocenters. The van der Waals surface area contributed by atoms with Crippen molar-refractivity contribution in [3.8, 4) is 0 Å². The van der Waals surface area contributed by atoms with E-state index in [9.17, 15) is 14.4 Å². The number of esters is 2. The minimum Gasteiger partial charge on any atom is -0.463 e. The number of aryl methyl sites for hydroxylation is 1. The molecule has 0 saturated heterocycles. The van der Waals surface area contributed by atoms with Gasteiger partial charge in [0, 0.05) is 11.0 Å². The van der Waals surface area contributed by atoms with Crippen LogP contribution in [0.15, 0.2) is 59.1 Å². The topological polar surface area (TPSA) is 93.7 Å². The SMILES string of the molecule is CCOC(=O)C1=C(COC(=O)/C=C/c2ccc(C)cc2)NC(=O)N[C@H]1c1cccs1. The van der Waals surface area contributed by atoms with Gasteiger partial charge in [0.15, 0.2) is 0 Å². The first kappa shape index (κ1) is 21.3. The van der Waals surface area contributed by atoms with Crippen LogP contribution in [0.4, 0.5) is 4.79 Å². The number of benzene rings is 1. The van der Waals surface area contributed by atoms with Gasteiger partial charge in [0.05, 0.1) is 23.9 Å². The Bertz CT molecular complexity index is 977. The minimum absolute atomic E-state index is 0.180.